The Labute approximate surface area is 257 Å². The van der Waals surface area contributed by atoms with Crippen LogP contribution in [0.25, 0.3) is 0 Å². The van der Waals surface area contributed by atoms with Crippen LogP contribution in [-0.4, -0.2) is 36.2 Å². The number of fused-ring (bicyclic) bond motifs is 9. The molecule has 1 fully saturated rings. The predicted molar refractivity (Wildman–Crippen MR) is 164 cm³/mol. The molecule has 0 radical (unpaired) electrons. The second-order valence-electron chi connectivity index (χ2n) is 11.5. The van der Waals surface area contributed by atoms with Crippen LogP contribution in [0, 0.1) is 5.92 Å². The maximum Gasteiger partial charge on any atom is 0.250 e. The molecular weight excluding hydrogens is 585 g/mol. The predicted octanol–water partition coefficient (Wildman–Crippen LogP) is 6.15. The number of ether oxygens (including phenoxy) is 1. The lowest BCUT2D eigenvalue weighted by atomic mass is 9.59. The lowest BCUT2D eigenvalue weighted by Crippen LogP contribution is -2.55. The van der Waals surface area contributed by atoms with Crippen molar-refractivity contribution in [3.8, 4) is 5.75 Å². The maximum absolute atomic E-state index is 15.2. The van der Waals surface area contributed by atoms with Crippen LogP contribution < -0.4 is 15.4 Å². The normalized spacial score (nSPS) is 26.5. The molecule has 0 unspecified atom stereocenters. The van der Waals surface area contributed by atoms with E-state index in [0.29, 0.717) is 56.8 Å². The van der Waals surface area contributed by atoms with Crippen molar-refractivity contribution in [2.45, 2.75) is 23.4 Å². The monoisotopic (exact) mass is 609 g/mol. The minimum absolute atomic E-state index is 0.333. The maximum atomic E-state index is 15.2. The van der Waals surface area contributed by atoms with Gasteiger partial charge < -0.3 is 15.4 Å². The Hall–Kier alpha value is -4.17. The van der Waals surface area contributed by atoms with Gasteiger partial charge in [-0.25, -0.2) is 0 Å². The van der Waals surface area contributed by atoms with Crippen LogP contribution in [-0.2, 0) is 27.0 Å². The van der Waals surface area contributed by atoms with Gasteiger partial charge in [0.05, 0.1) is 19.1 Å². The molecule has 43 heavy (non-hydrogen) atoms. The van der Waals surface area contributed by atoms with Gasteiger partial charge >= 0.3 is 0 Å². The summed E-state index contributed by atoms with van der Waals surface area (Å²) in [5.41, 5.74) is 1.63. The second-order valence-corrected chi connectivity index (χ2v) is 12.4. The first-order valence-electron chi connectivity index (χ1n) is 14.1. The number of hydrogen-bond acceptors (Lipinski definition) is 5. The van der Waals surface area contributed by atoms with Crippen LogP contribution in [0.1, 0.15) is 38.7 Å². The van der Waals surface area contributed by atoms with Gasteiger partial charge in [0.25, 0.3) is 0 Å². The summed E-state index contributed by atoms with van der Waals surface area (Å²) >= 11 is 13.2. The van der Waals surface area contributed by atoms with Gasteiger partial charge in [0.1, 0.15) is 16.7 Å². The number of hydrogen-bond donors (Lipinski definition) is 2. The number of benzene rings is 4. The first kappa shape index (κ1) is 26.5. The molecule has 7 nitrogen and oxygen atoms in total. The highest BCUT2D eigenvalue weighted by Crippen LogP contribution is 2.69. The fourth-order valence-corrected chi connectivity index (χ4v) is 8.48. The molecule has 4 aromatic carbocycles. The number of amides is 2. The van der Waals surface area contributed by atoms with E-state index in [4.69, 9.17) is 27.9 Å². The van der Waals surface area contributed by atoms with Crippen LogP contribution in [0.4, 0.5) is 11.4 Å². The van der Waals surface area contributed by atoms with Gasteiger partial charge in [0.15, 0.2) is 5.78 Å². The Balaban J connectivity index is 1.52. The van der Waals surface area contributed by atoms with E-state index in [1.54, 1.807) is 67.8 Å². The van der Waals surface area contributed by atoms with Crippen LogP contribution in [0.15, 0.2) is 84.9 Å². The quantitative estimate of drug-likeness (QED) is 0.272. The lowest BCUT2D eigenvalue weighted by Gasteiger charge is -2.42. The third-order valence-electron chi connectivity index (χ3n) is 9.72. The van der Waals surface area contributed by atoms with E-state index in [0.717, 1.165) is 11.1 Å². The van der Waals surface area contributed by atoms with Crippen molar-refractivity contribution in [3.05, 3.63) is 123 Å². The van der Waals surface area contributed by atoms with E-state index < -0.39 is 22.9 Å². The molecule has 214 valence electrons. The van der Waals surface area contributed by atoms with Gasteiger partial charge in [-0.15, -0.1) is 0 Å². The second kappa shape index (κ2) is 9.16. The Morgan fingerprint density at radius 1 is 0.860 bits per heavy atom. The summed E-state index contributed by atoms with van der Waals surface area (Å²) in [5.74, 6) is -1.63. The number of methoxy groups -OCH3 is 1. The zero-order chi connectivity index (χ0) is 29.7. The summed E-state index contributed by atoms with van der Waals surface area (Å²) in [6.07, 6.45) is 0.640. The van der Waals surface area contributed by atoms with E-state index in [1.807, 2.05) is 18.2 Å². The van der Waals surface area contributed by atoms with E-state index >= 15 is 4.79 Å². The molecule has 8 rings (SSSR count). The third-order valence-corrected chi connectivity index (χ3v) is 10.2. The Kier molecular flexibility index (Phi) is 5.64. The fraction of sp³-hybridized carbons (Fsp3) is 0.206. The lowest BCUT2D eigenvalue weighted by molar-refractivity contribution is -0.128. The minimum atomic E-state index is -1.54. The molecule has 0 aromatic heterocycles. The number of rotatable bonds is 3. The van der Waals surface area contributed by atoms with E-state index in [1.165, 1.54) is 0 Å². The highest BCUT2D eigenvalue weighted by Gasteiger charge is 2.79. The van der Waals surface area contributed by atoms with Crippen molar-refractivity contribution in [1.82, 2.24) is 4.90 Å². The fourth-order valence-electron chi connectivity index (χ4n) is 8.14. The summed E-state index contributed by atoms with van der Waals surface area (Å²) in [5, 5.41) is 7.00. The SMILES string of the molecule is COc1ccc(C(=O)[C@H]2[C@]3(C(=O)Nc4ccc(Cl)cc43)[C@@H]3c4ccccc4CCN3[C@@]23C(=O)Nc2ccc(Cl)cc23)cc1. The van der Waals surface area contributed by atoms with Gasteiger partial charge in [0.2, 0.25) is 11.8 Å². The van der Waals surface area contributed by atoms with Crippen molar-refractivity contribution in [3.63, 3.8) is 0 Å². The van der Waals surface area contributed by atoms with E-state index in [9.17, 15) is 9.59 Å². The number of nitrogens with zero attached hydrogens (tertiary/aromatic N) is 1. The summed E-state index contributed by atoms with van der Waals surface area (Å²) in [6, 6.07) is 24.6. The van der Waals surface area contributed by atoms with Crippen molar-refractivity contribution in [2.24, 2.45) is 5.92 Å². The zero-order valence-electron chi connectivity index (χ0n) is 23.0. The number of halogens is 2. The zero-order valence-corrected chi connectivity index (χ0v) is 24.5. The smallest absolute Gasteiger partial charge is 0.250 e. The number of Topliss-reactive ketones (excluding diaryl/α,β-unsaturated/α-hetero) is 1. The molecule has 4 aliphatic rings. The molecule has 2 spiro atoms. The molecule has 4 atom stereocenters. The summed E-state index contributed by atoms with van der Waals surface area (Å²) < 4.78 is 5.35. The first-order valence-corrected chi connectivity index (χ1v) is 14.8. The number of nitrogens with one attached hydrogen (secondary N) is 2. The first-order chi connectivity index (χ1) is 20.8. The molecule has 0 saturated carbocycles. The highest BCUT2D eigenvalue weighted by atomic mass is 35.5. The van der Waals surface area contributed by atoms with Crippen LogP contribution in [0.3, 0.4) is 0 Å². The van der Waals surface area contributed by atoms with Crippen molar-refractivity contribution < 1.29 is 19.1 Å². The van der Waals surface area contributed by atoms with Gasteiger partial charge in [-0.1, -0.05) is 47.5 Å². The Morgan fingerprint density at radius 2 is 1.51 bits per heavy atom. The third kappa shape index (κ3) is 3.27. The van der Waals surface area contributed by atoms with Gasteiger partial charge in [-0.05, 0) is 83.8 Å². The summed E-state index contributed by atoms with van der Waals surface area (Å²) in [4.78, 5) is 46.8. The number of carbonyl (C=O) groups is 3. The number of ketones is 1. The highest BCUT2D eigenvalue weighted by molar-refractivity contribution is 6.31. The molecule has 1 saturated heterocycles. The van der Waals surface area contributed by atoms with Crippen molar-refractivity contribution >= 4 is 52.2 Å². The molecule has 4 heterocycles. The molecule has 2 N–H and O–H groups in total. The summed E-state index contributed by atoms with van der Waals surface area (Å²) in [7, 11) is 1.56. The summed E-state index contributed by atoms with van der Waals surface area (Å²) in [6.45, 7) is 0.443. The molecular formula is C34H25Cl2N3O4. The largest absolute Gasteiger partial charge is 0.497 e. The van der Waals surface area contributed by atoms with Crippen molar-refractivity contribution in [1.29, 1.82) is 0 Å². The Bertz CT molecular complexity index is 1890. The van der Waals surface area contributed by atoms with E-state index in [2.05, 4.69) is 21.6 Å². The molecule has 0 bridgehead atoms. The molecule has 2 amide bonds. The number of carbonyl (C=O) groups excluding carboxylic acids is 3. The molecule has 4 aromatic rings. The Morgan fingerprint density at radius 3 is 2.23 bits per heavy atom. The average Bonchev–Trinajstić information content (AvgIpc) is 3.58. The van der Waals surface area contributed by atoms with Crippen LogP contribution in [0.5, 0.6) is 5.75 Å². The topological polar surface area (TPSA) is 87.7 Å². The van der Waals surface area contributed by atoms with E-state index in [-0.39, 0.29) is 17.6 Å². The van der Waals surface area contributed by atoms with Crippen LogP contribution in [0.2, 0.25) is 10.0 Å². The van der Waals surface area contributed by atoms with Crippen LogP contribution >= 0.6 is 23.2 Å². The standard InChI is InChI=1S/C34H25Cl2N3O4/c1-43-22-10-6-19(7-11-22)28(40)29-33(24-16-20(35)8-12-26(24)37-31(33)41)30-23-5-3-2-4-18(23)14-15-39(30)34(29)25-17-21(36)9-13-27(25)38-32(34)42/h2-13,16-17,29-30H,14-15H2,1H3,(H,37,41)(H,38,42)/t29-,30-,33-,34+/m0/s1. The van der Waals surface area contributed by atoms with Gasteiger partial charge in [0, 0.05) is 39.1 Å². The minimum Gasteiger partial charge on any atom is -0.497 e. The van der Waals surface area contributed by atoms with Gasteiger partial charge in [-0.2, -0.15) is 0 Å². The van der Waals surface area contributed by atoms with Crippen molar-refractivity contribution in [2.75, 3.05) is 24.3 Å². The van der Waals surface area contributed by atoms with Gasteiger partial charge in [-0.3, -0.25) is 19.3 Å². The molecule has 4 aliphatic heterocycles. The number of anilines is 2. The average molecular weight is 610 g/mol. The molecule has 0 aliphatic carbocycles. The molecule has 9 heteroatoms.